The molecule has 64 heavy (non-hydrogen) atoms. The highest BCUT2D eigenvalue weighted by Gasteiger charge is 2.40. The highest BCUT2D eigenvalue weighted by molar-refractivity contribution is 5.90. The maximum Gasteiger partial charge on any atom is 0.243 e. The number of hydrogen-bond acceptors (Lipinski definition) is 6. The number of phenols is 2. The number of unbranched alkanes of at least 4 members (excludes halogenated alkanes) is 3. The van der Waals surface area contributed by atoms with Gasteiger partial charge in [0.05, 0.1) is 0 Å². The Bertz CT molecular complexity index is 2110. The van der Waals surface area contributed by atoms with E-state index in [0.29, 0.717) is 51.9 Å². The number of nitrogens with zero attached hydrogens (tertiary/aromatic N) is 2. The molecular weight excluding hydrogens is 801 g/mol. The van der Waals surface area contributed by atoms with Gasteiger partial charge in [-0.3, -0.25) is 19.2 Å². The van der Waals surface area contributed by atoms with Gasteiger partial charge in [0, 0.05) is 50.9 Å². The van der Waals surface area contributed by atoms with Crippen molar-refractivity contribution in [3.63, 3.8) is 0 Å². The van der Waals surface area contributed by atoms with E-state index in [4.69, 9.17) is 0 Å². The molecular formula is C54H70N4O6. The lowest BCUT2D eigenvalue weighted by Crippen LogP contribution is -2.55. The van der Waals surface area contributed by atoms with Gasteiger partial charge in [0.1, 0.15) is 23.6 Å². The lowest BCUT2D eigenvalue weighted by Gasteiger charge is -2.39. The summed E-state index contributed by atoms with van der Waals surface area (Å²) in [6.07, 6.45) is 5.24. The van der Waals surface area contributed by atoms with Crippen LogP contribution in [0.5, 0.6) is 11.5 Å². The Hall–Kier alpha value is -5.64. The fourth-order valence-corrected chi connectivity index (χ4v) is 9.91. The minimum absolute atomic E-state index is 0.0255. The minimum atomic E-state index is -0.615. The van der Waals surface area contributed by atoms with Crippen LogP contribution in [-0.4, -0.2) is 68.8 Å². The van der Waals surface area contributed by atoms with Crippen LogP contribution < -0.4 is 10.6 Å². The summed E-state index contributed by atoms with van der Waals surface area (Å²) in [5, 5.41) is 26.6. The summed E-state index contributed by atoms with van der Waals surface area (Å²) in [6, 6.07) is 21.8. The average Bonchev–Trinajstić information content (AvgIpc) is 3.25. The van der Waals surface area contributed by atoms with E-state index in [1.165, 1.54) is 0 Å². The van der Waals surface area contributed by atoms with Crippen LogP contribution in [-0.2, 0) is 58.0 Å². The van der Waals surface area contributed by atoms with Crippen LogP contribution in [0.2, 0.25) is 0 Å². The number of carbonyl (C=O) groups is 4. The number of phenolic OH excluding ortho intramolecular Hbond substituents is 2. The van der Waals surface area contributed by atoms with Crippen molar-refractivity contribution in [1.29, 1.82) is 0 Å². The number of carbonyl (C=O) groups excluding carboxylic acids is 4. The standard InChI is InChI=1S/C54H70N4O6/c1-33(2)45(29-47-35(5)23-43(59)24-36(47)6)53(63)57-31-41-19-13-11-17-39(41)27-49(57)51(61)55-21-15-9-10-16-22-56-52(62)50-28-40-18-12-14-20-42(40)32-58(50)54(64)46(34(3)4)30-48-37(7)25-44(60)26-38(48)8/h11-14,17-20,23-26,33-34,45-46,49-50,59-60H,9-10,15-16,21-22,27-32H2,1-8H3,(H,55,61)(H,56,62)/t45-,46-,49+,50+/m1/s1. The molecule has 10 heteroatoms. The molecule has 342 valence electrons. The first kappa shape index (κ1) is 47.8. The molecule has 2 aliphatic heterocycles. The summed E-state index contributed by atoms with van der Waals surface area (Å²) in [7, 11) is 0. The van der Waals surface area contributed by atoms with Crippen molar-refractivity contribution in [3.8, 4) is 11.5 Å². The largest absolute Gasteiger partial charge is 0.508 e. The van der Waals surface area contributed by atoms with E-state index in [-0.39, 0.29) is 58.8 Å². The summed E-state index contributed by atoms with van der Waals surface area (Å²) < 4.78 is 0. The smallest absolute Gasteiger partial charge is 0.243 e. The molecule has 2 aliphatic rings. The summed E-state index contributed by atoms with van der Waals surface area (Å²) in [4.78, 5) is 60.4. The Kier molecular flexibility index (Phi) is 16.0. The molecule has 6 rings (SSSR count). The van der Waals surface area contributed by atoms with E-state index >= 15 is 0 Å². The van der Waals surface area contributed by atoms with E-state index in [1.807, 2.05) is 76.2 Å². The van der Waals surface area contributed by atoms with Crippen molar-refractivity contribution in [2.24, 2.45) is 23.7 Å². The van der Waals surface area contributed by atoms with Crippen molar-refractivity contribution in [3.05, 3.63) is 128 Å². The predicted molar refractivity (Wildman–Crippen MR) is 253 cm³/mol. The molecule has 0 aromatic heterocycles. The number of aromatic hydroxyl groups is 2. The molecule has 4 aromatic rings. The van der Waals surface area contributed by atoms with Crippen LogP contribution in [0.4, 0.5) is 0 Å². The molecule has 0 saturated heterocycles. The third-order valence-electron chi connectivity index (χ3n) is 13.8. The number of benzene rings is 4. The first-order chi connectivity index (χ1) is 30.5. The van der Waals surface area contributed by atoms with Crippen LogP contribution in [0.3, 0.4) is 0 Å². The van der Waals surface area contributed by atoms with Crippen LogP contribution >= 0.6 is 0 Å². The lowest BCUT2D eigenvalue weighted by atomic mass is 9.83. The lowest BCUT2D eigenvalue weighted by molar-refractivity contribution is -0.146. The van der Waals surface area contributed by atoms with Gasteiger partial charge in [-0.15, -0.1) is 0 Å². The van der Waals surface area contributed by atoms with Crippen molar-refractivity contribution in [2.75, 3.05) is 13.1 Å². The van der Waals surface area contributed by atoms with Gasteiger partial charge in [0.15, 0.2) is 0 Å². The Morgan fingerprint density at radius 3 is 1.20 bits per heavy atom. The Labute approximate surface area is 380 Å². The van der Waals surface area contributed by atoms with Crippen molar-refractivity contribution in [2.45, 2.75) is 132 Å². The molecule has 4 amide bonds. The first-order valence-electron chi connectivity index (χ1n) is 23.4. The topological polar surface area (TPSA) is 139 Å². The van der Waals surface area contributed by atoms with Crippen molar-refractivity contribution >= 4 is 23.6 Å². The summed E-state index contributed by atoms with van der Waals surface area (Å²) in [5.41, 5.74) is 10.2. The normalized spacial score (nSPS) is 16.8. The molecule has 0 saturated carbocycles. The molecule has 0 radical (unpaired) electrons. The first-order valence-corrected chi connectivity index (χ1v) is 23.4. The zero-order chi connectivity index (χ0) is 46.2. The fraction of sp³-hybridized carbons (Fsp3) is 0.481. The van der Waals surface area contributed by atoms with Gasteiger partial charge in [-0.25, -0.2) is 0 Å². The molecule has 0 fully saturated rings. The molecule has 0 aliphatic carbocycles. The Morgan fingerprint density at radius 2 is 0.875 bits per heavy atom. The van der Waals surface area contributed by atoms with Crippen LogP contribution in [0.15, 0.2) is 72.8 Å². The summed E-state index contributed by atoms with van der Waals surface area (Å²) >= 11 is 0. The van der Waals surface area contributed by atoms with Crippen LogP contribution in [0.25, 0.3) is 0 Å². The maximum absolute atomic E-state index is 14.5. The highest BCUT2D eigenvalue weighted by atomic mass is 16.3. The van der Waals surface area contributed by atoms with Gasteiger partial charge in [-0.2, -0.15) is 0 Å². The molecule has 0 spiro atoms. The number of rotatable bonds is 17. The summed E-state index contributed by atoms with van der Waals surface area (Å²) in [6.45, 7) is 17.8. The monoisotopic (exact) mass is 871 g/mol. The predicted octanol–water partition coefficient (Wildman–Crippen LogP) is 8.36. The molecule has 4 aromatic carbocycles. The molecule has 0 unspecified atom stereocenters. The average molecular weight is 871 g/mol. The third-order valence-corrected chi connectivity index (χ3v) is 13.8. The molecule has 2 heterocycles. The van der Waals surface area contributed by atoms with Gasteiger partial charge >= 0.3 is 0 Å². The minimum Gasteiger partial charge on any atom is -0.508 e. The van der Waals surface area contributed by atoms with Gasteiger partial charge in [0.2, 0.25) is 23.6 Å². The fourth-order valence-electron chi connectivity index (χ4n) is 9.91. The van der Waals surface area contributed by atoms with Crippen molar-refractivity contribution < 1.29 is 29.4 Å². The van der Waals surface area contributed by atoms with Gasteiger partial charge < -0.3 is 30.6 Å². The van der Waals surface area contributed by atoms with E-state index in [2.05, 4.69) is 38.3 Å². The third kappa shape index (κ3) is 11.4. The van der Waals surface area contributed by atoms with Crippen LogP contribution in [0.1, 0.15) is 109 Å². The second kappa shape index (κ2) is 21.4. The quantitative estimate of drug-likeness (QED) is 0.0788. The number of aryl methyl sites for hydroxylation is 4. The SMILES string of the molecule is Cc1cc(O)cc(C)c1C[C@@H](C(=O)N1Cc2ccccc2C[C@H]1C(=O)NCCCCCCNC(=O)[C@@H]1Cc2ccccc2CN1C(=O)[C@H](Cc1c(C)cc(O)cc1C)C(C)C)C(C)C. The van der Waals surface area contributed by atoms with Crippen LogP contribution in [0, 0.1) is 51.4 Å². The van der Waals surface area contributed by atoms with E-state index in [9.17, 15) is 29.4 Å². The van der Waals surface area contributed by atoms with Gasteiger partial charge in [-0.1, -0.05) is 89.1 Å². The molecule has 10 nitrogen and oxygen atoms in total. The molecule has 4 atom stereocenters. The maximum atomic E-state index is 14.5. The van der Waals surface area contributed by atoms with Gasteiger partial charge in [0.25, 0.3) is 0 Å². The van der Waals surface area contributed by atoms with Gasteiger partial charge in [-0.05, 0) is 145 Å². The summed E-state index contributed by atoms with van der Waals surface area (Å²) in [5.74, 6) is -0.480. The zero-order valence-corrected chi connectivity index (χ0v) is 39.3. The molecule has 4 N–H and O–H groups in total. The van der Waals surface area contributed by atoms with E-state index < -0.39 is 12.1 Å². The highest BCUT2D eigenvalue weighted by Crippen LogP contribution is 2.33. The van der Waals surface area contributed by atoms with E-state index in [0.717, 1.165) is 81.3 Å². The zero-order valence-electron chi connectivity index (χ0n) is 39.3. The second-order valence-electron chi connectivity index (χ2n) is 19.1. The van der Waals surface area contributed by atoms with Crippen molar-refractivity contribution in [1.82, 2.24) is 20.4 Å². The Morgan fingerprint density at radius 1 is 0.547 bits per heavy atom. The number of amides is 4. The van der Waals surface area contributed by atoms with E-state index in [1.54, 1.807) is 34.1 Å². The Balaban J connectivity index is 1.02. The number of fused-ring (bicyclic) bond motifs is 2. The second-order valence-corrected chi connectivity index (χ2v) is 19.1. The number of hydrogen-bond donors (Lipinski definition) is 4. The molecule has 0 bridgehead atoms. The number of nitrogens with one attached hydrogen (secondary N) is 2.